The van der Waals surface area contributed by atoms with Gasteiger partial charge in [-0.25, -0.2) is 13.8 Å². The molecule has 0 bridgehead atoms. The minimum absolute atomic E-state index is 0.171. The van der Waals surface area contributed by atoms with Crippen molar-refractivity contribution in [3.8, 4) is 0 Å². The zero-order chi connectivity index (χ0) is 18.4. The first-order chi connectivity index (χ1) is 12.4. The first-order valence-corrected chi connectivity index (χ1v) is 8.48. The highest BCUT2D eigenvalue weighted by Crippen LogP contribution is 2.33. The molecule has 8 heteroatoms. The summed E-state index contributed by atoms with van der Waals surface area (Å²) in [5.41, 5.74) is 6.86. The number of hydrogen-bond donors (Lipinski definition) is 4. The van der Waals surface area contributed by atoms with Crippen LogP contribution in [0.1, 0.15) is 29.6 Å². The van der Waals surface area contributed by atoms with E-state index < -0.39 is 24.0 Å². The standard InChI is InChI=1S/C18H18F2N4O2/c19-8-1-3-13-10(5-8)15-16(24-13)11(17(21)26)7-22-18(15)23-9-2-4-14(25)12(20)6-9/h1,3,5,7,9,12,14,24-25H,2,4,6H2,(H2,21,26)(H,22,23)/p+1. The molecule has 1 fully saturated rings. The van der Waals surface area contributed by atoms with E-state index in [9.17, 15) is 18.7 Å². The fourth-order valence-electron chi connectivity index (χ4n) is 3.66. The van der Waals surface area contributed by atoms with Crippen LogP contribution in [0.3, 0.4) is 0 Å². The molecule has 1 saturated carbocycles. The van der Waals surface area contributed by atoms with Crippen molar-refractivity contribution in [1.82, 2.24) is 4.98 Å². The van der Waals surface area contributed by atoms with E-state index >= 15 is 0 Å². The van der Waals surface area contributed by atoms with E-state index in [1.807, 2.05) is 0 Å². The number of carbonyl (C=O) groups excluding carboxylic acids is 1. The summed E-state index contributed by atoms with van der Waals surface area (Å²) in [5, 5.41) is 14.0. The van der Waals surface area contributed by atoms with Crippen molar-refractivity contribution in [2.45, 2.75) is 37.6 Å². The van der Waals surface area contributed by atoms with Crippen molar-refractivity contribution >= 4 is 33.5 Å². The average molecular weight is 361 g/mol. The van der Waals surface area contributed by atoms with E-state index in [4.69, 9.17) is 5.73 Å². The quantitative estimate of drug-likeness (QED) is 0.574. The third kappa shape index (κ3) is 2.76. The molecule has 3 atom stereocenters. The van der Waals surface area contributed by atoms with Gasteiger partial charge < -0.3 is 15.8 Å². The summed E-state index contributed by atoms with van der Waals surface area (Å²) in [7, 11) is 0. The second-order valence-corrected chi connectivity index (χ2v) is 6.74. The highest BCUT2D eigenvalue weighted by molar-refractivity contribution is 6.17. The van der Waals surface area contributed by atoms with E-state index in [1.165, 1.54) is 18.3 Å². The number of fused-ring (bicyclic) bond motifs is 3. The van der Waals surface area contributed by atoms with Gasteiger partial charge in [-0.05, 0) is 31.0 Å². The Morgan fingerprint density at radius 1 is 1.38 bits per heavy atom. The normalized spacial score (nSPS) is 23.4. The number of hydrogen-bond acceptors (Lipinski definition) is 3. The predicted octanol–water partition coefficient (Wildman–Crippen LogP) is 2.04. The Labute approximate surface area is 147 Å². The second-order valence-electron chi connectivity index (χ2n) is 6.74. The van der Waals surface area contributed by atoms with Gasteiger partial charge in [-0.15, -0.1) is 0 Å². The number of alkyl halides is 1. The van der Waals surface area contributed by atoms with Crippen molar-refractivity contribution in [3.63, 3.8) is 0 Å². The number of aromatic amines is 2. The highest BCUT2D eigenvalue weighted by Gasteiger charge is 2.32. The Morgan fingerprint density at radius 2 is 2.19 bits per heavy atom. The third-order valence-electron chi connectivity index (χ3n) is 4.99. The Hall–Kier alpha value is -2.74. The van der Waals surface area contributed by atoms with E-state index in [2.05, 4.69) is 15.3 Å². The summed E-state index contributed by atoms with van der Waals surface area (Å²) < 4.78 is 27.6. The topological polar surface area (TPSA) is 105 Å². The van der Waals surface area contributed by atoms with Crippen LogP contribution in [0.4, 0.5) is 14.6 Å². The number of rotatable bonds is 3. The fourth-order valence-corrected chi connectivity index (χ4v) is 3.66. The molecule has 26 heavy (non-hydrogen) atoms. The fraction of sp³-hybridized carbons (Fsp3) is 0.333. The number of H-pyrrole nitrogens is 2. The van der Waals surface area contributed by atoms with Gasteiger partial charge in [0, 0.05) is 17.3 Å². The van der Waals surface area contributed by atoms with Gasteiger partial charge in [-0.1, -0.05) is 0 Å². The van der Waals surface area contributed by atoms with E-state index in [-0.39, 0.29) is 18.0 Å². The summed E-state index contributed by atoms with van der Waals surface area (Å²) in [6.45, 7) is 0. The van der Waals surface area contributed by atoms with Crippen molar-refractivity contribution in [1.29, 1.82) is 0 Å². The Kier molecular flexibility index (Phi) is 3.99. The van der Waals surface area contributed by atoms with Crippen molar-refractivity contribution in [2.75, 3.05) is 5.32 Å². The van der Waals surface area contributed by atoms with Gasteiger partial charge in [-0.2, -0.15) is 0 Å². The molecular weight excluding hydrogens is 342 g/mol. The number of anilines is 1. The number of aliphatic hydroxyl groups is 1. The summed E-state index contributed by atoms with van der Waals surface area (Å²) in [6.07, 6.45) is 0.391. The Balaban J connectivity index is 1.84. The maximum absolute atomic E-state index is 13.8. The van der Waals surface area contributed by atoms with Gasteiger partial charge in [0.2, 0.25) is 0 Å². The zero-order valence-corrected chi connectivity index (χ0v) is 13.9. The molecule has 0 radical (unpaired) electrons. The number of nitrogens with one attached hydrogen (secondary N) is 3. The molecule has 6 N–H and O–H groups in total. The van der Waals surface area contributed by atoms with Crippen LogP contribution in [0, 0.1) is 5.82 Å². The minimum Gasteiger partial charge on any atom is -0.390 e. The van der Waals surface area contributed by atoms with Crippen molar-refractivity contribution < 1.29 is 23.7 Å². The molecule has 3 unspecified atom stereocenters. The molecule has 0 aliphatic heterocycles. The molecule has 0 spiro atoms. The number of nitrogens with two attached hydrogens (primary N) is 1. The number of aromatic nitrogens is 2. The zero-order valence-electron chi connectivity index (χ0n) is 13.9. The Morgan fingerprint density at radius 3 is 2.92 bits per heavy atom. The number of benzene rings is 1. The largest absolute Gasteiger partial charge is 0.390 e. The van der Waals surface area contributed by atoms with Gasteiger partial charge in [0.05, 0.1) is 23.0 Å². The van der Waals surface area contributed by atoms with Crippen LogP contribution in [0.15, 0.2) is 24.4 Å². The maximum atomic E-state index is 13.8. The number of halogens is 2. The molecule has 6 nitrogen and oxygen atoms in total. The monoisotopic (exact) mass is 361 g/mol. The molecule has 2 heterocycles. The number of aliphatic hydroxyl groups excluding tert-OH is 1. The molecule has 1 aromatic carbocycles. The lowest BCUT2D eigenvalue weighted by molar-refractivity contribution is -0.359. The van der Waals surface area contributed by atoms with Gasteiger partial charge in [0.1, 0.15) is 23.7 Å². The highest BCUT2D eigenvalue weighted by atomic mass is 19.1. The summed E-state index contributed by atoms with van der Waals surface area (Å²) in [4.78, 5) is 17.8. The van der Waals surface area contributed by atoms with Gasteiger partial charge in [-0.3, -0.25) is 10.1 Å². The molecule has 1 amide bonds. The SMILES string of the molecule is NC(=O)c1c[nH+]c(NC2CCC(O)C(F)C2)c2c1[nH]c1ccc(F)cc12. The summed E-state index contributed by atoms with van der Waals surface area (Å²) >= 11 is 0. The van der Waals surface area contributed by atoms with Crippen LogP contribution in [0.25, 0.3) is 21.8 Å². The lowest BCUT2D eigenvalue weighted by atomic mass is 9.91. The molecule has 0 saturated heterocycles. The number of carbonyl (C=O) groups is 1. The van der Waals surface area contributed by atoms with E-state index in [1.54, 1.807) is 6.07 Å². The van der Waals surface area contributed by atoms with Gasteiger partial charge in [0.15, 0.2) is 0 Å². The number of amides is 1. The first kappa shape index (κ1) is 16.7. The maximum Gasteiger partial charge on any atom is 0.282 e. The molecule has 1 aliphatic carbocycles. The molecule has 2 aromatic heterocycles. The lowest BCUT2D eigenvalue weighted by Gasteiger charge is -2.26. The van der Waals surface area contributed by atoms with E-state index in [0.717, 1.165) is 0 Å². The van der Waals surface area contributed by atoms with Gasteiger partial charge >= 0.3 is 0 Å². The van der Waals surface area contributed by atoms with Crippen LogP contribution in [0.5, 0.6) is 0 Å². The van der Waals surface area contributed by atoms with Gasteiger partial charge in [0.25, 0.3) is 11.7 Å². The van der Waals surface area contributed by atoms with E-state index in [0.29, 0.717) is 40.5 Å². The Bertz CT molecular complexity index is 1000. The minimum atomic E-state index is -1.29. The van der Waals surface area contributed by atoms with Crippen LogP contribution in [-0.2, 0) is 0 Å². The first-order valence-electron chi connectivity index (χ1n) is 8.48. The average Bonchev–Trinajstić information content (AvgIpc) is 2.97. The van der Waals surface area contributed by atoms with Crippen LogP contribution in [0.2, 0.25) is 0 Å². The third-order valence-corrected chi connectivity index (χ3v) is 4.99. The molecule has 1 aliphatic rings. The molecule has 3 aromatic rings. The molecular formula is C18H19F2N4O2+. The predicted molar refractivity (Wildman–Crippen MR) is 93.0 cm³/mol. The number of pyridine rings is 1. The van der Waals surface area contributed by atoms with Crippen molar-refractivity contribution in [3.05, 3.63) is 35.8 Å². The van der Waals surface area contributed by atoms with Crippen LogP contribution >= 0.6 is 0 Å². The number of primary amides is 1. The van der Waals surface area contributed by atoms with Crippen LogP contribution < -0.4 is 16.0 Å². The smallest absolute Gasteiger partial charge is 0.282 e. The second kappa shape index (κ2) is 6.21. The van der Waals surface area contributed by atoms with Crippen LogP contribution in [-0.4, -0.2) is 34.3 Å². The van der Waals surface area contributed by atoms with Crippen molar-refractivity contribution in [2.24, 2.45) is 5.73 Å². The molecule has 136 valence electrons. The lowest BCUT2D eigenvalue weighted by Crippen LogP contribution is -2.38. The molecule has 4 rings (SSSR count). The summed E-state index contributed by atoms with van der Waals surface area (Å²) in [5.74, 6) is -0.469. The summed E-state index contributed by atoms with van der Waals surface area (Å²) in [6, 6.07) is 4.11.